The van der Waals surface area contributed by atoms with Crippen molar-refractivity contribution < 1.29 is 5.11 Å². The van der Waals surface area contributed by atoms with E-state index in [0.717, 1.165) is 44.9 Å². The van der Waals surface area contributed by atoms with Crippen LogP contribution >= 0.6 is 24.0 Å². The van der Waals surface area contributed by atoms with E-state index in [2.05, 4.69) is 44.8 Å². The van der Waals surface area contributed by atoms with Crippen LogP contribution in [-0.2, 0) is 0 Å². The number of hydrogen-bond donors (Lipinski definition) is 2. The number of likely N-dealkylation sites (tertiary alicyclic amines) is 1. The molecule has 0 spiro atoms. The monoisotopic (exact) mass is 409 g/mol. The largest absolute Gasteiger partial charge is 0.393 e. The summed E-state index contributed by atoms with van der Waals surface area (Å²) in [6.07, 6.45) is 3.04. The summed E-state index contributed by atoms with van der Waals surface area (Å²) in [5.74, 6) is 1.36. The average Bonchev–Trinajstić information content (AvgIpc) is 2.77. The maximum absolute atomic E-state index is 9.92. The van der Waals surface area contributed by atoms with Crippen molar-refractivity contribution in [1.29, 1.82) is 0 Å². The summed E-state index contributed by atoms with van der Waals surface area (Å²) >= 11 is 0. The minimum absolute atomic E-state index is 0. The van der Waals surface area contributed by atoms with Crippen molar-refractivity contribution >= 4 is 29.9 Å². The molecule has 2 atom stereocenters. The fourth-order valence-corrected chi connectivity index (χ4v) is 3.23. The van der Waals surface area contributed by atoms with Crippen LogP contribution < -0.4 is 5.32 Å². The van der Waals surface area contributed by atoms with Crippen LogP contribution in [0.25, 0.3) is 0 Å². The van der Waals surface area contributed by atoms with Crippen molar-refractivity contribution in [3.63, 3.8) is 0 Å². The Morgan fingerprint density at radius 1 is 1.29 bits per heavy atom. The molecule has 0 aromatic rings. The first-order valence-electron chi connectivity index (χ1n) is 8.03. The number of rotatable bonds is 3. The van der Waals surface area contributed by atoms with E-state index in [1.165, 1.54) is 0 Å². The van der Waals surface area contributed by atoms with Crippen LogP contribution in [-0.4, -0.2) is 47.2 Å². The highest BCUT2D eigenvalue weighted by molar-refractivity contribution is 14.0. The Bertz CT molecular complexity index is 382. The molecule has 0 bridgehead atoms. The summed E-state index contributed by atoms with van der Waals surface area (Å²) < 4.78 is 0. The van der Waals surface area contributed by atoms with Gasteiger partial charge in [0.25, 0.3) is 0 Å². The second-order valence-corrected chi connectivity index (χ2v) is 7.48. The van der Waals surface area contributed by atoms with Crippen molar-refractivity contribution in [2.75, 3.05) is 19.6 Å². The molecule has 0 aromatic heterocycles. The molecule has 1 aliphatic heterocycles. The van der Waals surface area contributed by atoms with E-state index in [0.29, 0.717) is 11.3 Å². The average molecular weight is 409 g/mol. The van der Waals surface area contributed by atoms with Crippen molar-refractivity contribution in [3.8, 4) is 0 Å². The summed E-state index contributed by atoms with van der Waals surface area (Å²) in [6.45, 7) is 14.0. The quantitative estimate of drug-likeness (QED) is 0.428. The van der Waals surface area contributed by atoms with E-state index < -0.39 is 0 Å². The zero-order chi connectivity index (χ0) is 15.0. The second-order valence-electron chi connectivity index (χ2n) is 7.48. The topological polar surface area (TPSA) is 47.9 Å². The highest BCUT2D eigenvalue weighted by atomic mass is 127. The van der Waals surface area contributed by atoms with E-state index in [1.54, 1.807) is 0 Å². The smallest absolute Gasteiger partial charge is 0.194 e. The highest BCUT2D eigenvalue weighted by Gasteiger charge is 2.53. The summed E-state index contributed by atoms with van der Waals surface area (Å²) in [4.78, 5) is 7.17. The van der Waals surface area contributed by atoms with Gasteiger partial charge in [-0.2, -0.15) is 0 Å². The van der Waals surface area contributed by atoms with Crippen LogP contribution in [0.4, 0.5) is 0 Å². The third-order valence-electron chi connectivity index (χ3n) is 5.57. The molecule has 0 radical (unpaired) electrons. The van der Waals surface area contributed by atoms with E-state index >= 15 is 0 Å². The molecule has 2 aliphatic rings. The van der Waals surface area contributed by atoms with Gasteiger partial charge in [-0.25, -0.2) is 0 Å². The van der Waals surface area contributed by atoms with Crippen LogP contribution in [0, 0.1) is 11.3 Å². The Morgan fingerprint density at radius 3 is 2.38 bits per heavy atom. The Kier molecular flexibility index (Phi) is 6.36. The zero-order valence-electron chi connectivity index (χ0n) is 14.1. The number of nitrogens with one attached hydrogen (secondary N) is 1. The Balaban J connectivity index is 0.00000220. The van der Waals surface area contributed by atoms with Gasteiger partial charge in [0.05, 0.1) is 6.10 Å². The first kappa shape index (κ1) is 19.0. The van der Waals surface area contributed by atoms with E-state index in [4.69, 9.17) is 4.99 Å². The number of nitrogens with zero attached hydrogens (tertiary/aromatic N) is 2. The molecule has 1 saturated carbocycles. The van der Waals surface area contributed by atoms with Gasteiger partial charge in [0.15, 0.2) is 5.96 Å². The minimum atomic E-state index is -0.150. The third-order valence-corrected chi connectivity index (χ3v) is 5.57. The first-order chi connectivity index (χ1) is 9.29. The predicted molar refractivity (Wildman–Crippen MR) is 99.3 cm³/mol. The molecule has 0 aromatic carbocycles. The van der Waals surface area contributed by atoms with E-state index in [-0.39, 0.29) is 35.6 Å². The molecular weight excluding hydrogens is 377 g/mol. The number of aliphatic imine (C=N–C) groups is 1. The fourth-order valence-electron chi connectivity index (χ4n) is 3.23. The molecule has 21 heavy (non-hydrogen) atoms. The maximum Gasteiger partial charge on any atom is 0.194 e. The number of halogens is 1. The molecule has 2 rings (SSSR count). The number of hydrogen-bond acceptors (Lipinski definition) is 2. The van der Waals surface area contributed by atoms with Gasteiger partial charge in [-0.05, 0) is 33.6 Å². The molecule has 5 heteroatoms. The van der Waals surface area contributed by atoms with Crippen LogP contribution in [0.5, 0.6) is 0 Å². The predicted octanol–water partition coefficient (Wildman–Crippen LogP) is 2.85. The second kappa shape index (κ2) is 7.02. The lowest BCUT2D eigenvalue weighted by Crippen LogP contribution is -2.72. The van der Waals surface area contributed by atoms with Crippen molar-refractivity contribution in [3.05, 3.63) is 0 Å². The molecule has 2 N–H and O–H groups in total. The normalized spacial score (nSPS) is 30.6. The van der Waals surface area contributed by atoms with Gasteiger partial charge in [-0.15, -0.1) is 24.0 Å². The van der Waals surface area contributed by atoms with Crippen LogP contribution in [0.3, 0.4) is 0 Å². The summed E-state index contributed by atoms with van der Waals surface area (Å²) in [5, 5.41) is 13.3. The third kappa shape index (κ3) is 3.66. The van der Waals surface area contributed by atoms with Gasteiger partial charge in [0, 0.05) is 36.5 Å². The lowest BCUT2D eigenvalue weighted by Gasteiger charge is -2.62. The molecule has 1 aliphatic carbocycles. The molecule has 4 nitrogen and oxygen atoms in total. The first-order valence-corrected chi connectivity index (χ1v) is 8.03. The molecular formula is C16H32IN3O. The van der Waals surface area contributed by atoms with Gasteiger partial charge >= 0.3 is 0 Å². The molecule has 1 saturated heterocycles. The number of aliphatic hydroxyl groups is 1. The van der Waals surface area contributed by atoms with Gasteiger partial charge in [-0.1, -0.05) is 20.3 Å². The molecule has 0 amide bonds. The maximum atomic E-state index is 9.92. The lowest BCUT2D eigenvalue weighted by molar-refractivity contribution is -0.0668. The van der Waals surface area contributed by atoms with Gasteiger partial charge < -0.3 is 15.3 Å². The number of guanidine groups is 1. The van der Waals surface area contributed by atoms with Crippen molar-refractivity contribution in [2.45, 2.75) is 65.5 Å². The number of aliphatic hydroxyl groups excluding tert-OH is 1. The SMILES string of the molecule is CCNC(=NCC1CCCC1O)N1CC(C)(C)C1(C)C.I. The Labute approximate surface area is 146 Å². The van der Waals surface area contributed by atoms with Gasteiger partial charge in [0.1, 0.15) is 0 Å². The Hall–Kier alpha value is -0.0400. The zero-order valence-corrected chi connectivity index (χ0v) is 16.5. The molecule has 1 heterocycles. The molecule has 2 unspecified atom stereocenters. The van der Waals surface area contributed by atoms with Crippen LogP contribution in [0.15, 0.2) is 4.99 Å². The van der Waals surface area contributed by atoms with Crippen LogP contribution in [0.2, 0.25) is 0 Å². The Morgan fingerprint density at radius 2 is 1.95 bits per heavy atom. The molecule has 124 valence electrons. The standard InChI is InChI=1S/C16H31N3O.HI/c1-6-17-14(18-10-12-8-7-9-13(12)20)19-11-15(2,3)16(19,4)5;/h12-13,20H,6-11H2,1-5H3,(H,17,18);1H. The van der Waals surface area contributed by atoms with E-state index in [9.17, 15) is 5.11 Å². The van der Waals surface area contributed by atoms with Gasteiger partial charge in [0.2, 0.25) is 0 Å². The molecule has 2 fully saturated rings. The van der Waals surface area contributed by atoms with Gasteiger partial charge in [-0.3, -0.25) is 4.99 Å². The van der Waals surface area contributed by atoms with Crippen LogP contribution in [0.1, 0.15) is 53.9 Å². The summed E-state index contributed by atoms with van der Waals surface area (Å²) in [5.41, 5.74) is 0.443. The minimum Gasteiger partial charge on any atom is -0.393 e. The summed E-state index contributed by atoms with van der Waals surface area (Å²) in [7, 11) is 0. The van der Waals surface area contributed by atoms with E-state index in [1.807, 2.05) is 0 Å². The van der Waals surface area contributed by atoms with Crippen molar-refractivity contribution in [1.82, 2.24) is 10.2 Å². The lowest BCUT2D eigenvalue weighted by atomic mass is 9.65. The van der Waals surface area contributed by atoms with Crippen molar-refractivity contribution in [2.24, 2.45) is 16.3 Å². The summed E-state index contributed by atoms with van der Waals surface area (Å²) in [6, 6.07) is 0. The highest BCUT2D eigenvalue weighted by Crippen LogP contribution is 2.46. The fraction of sp³-hybridized carbons (Fsp3) is 0.938.